The number of hydrogen-bond donors (Lipinski definition) is 3. The summed E-state index contributed by atoms with van der Waals surface area (Å²) in [5.41, 5.74) is 1.51. The van der Waals surface area contributed by atoms with E-state index in [2.05, 4.69) is 10.6 Å². The standard InChI is InChI=1S/C31H42F2N4O4/c1-5-9-36(10-6-2)30(40)23-14-20(4)13-22(18-23)29(39)35-26(17-21-15-24(32)19-25(33)16-21)28(38)27-31(41)37(11-7-3)12-8-34-27/h13-16,18-19,26-28,34,38H,5-12,17H2,1-4H3,(H,35,39)/t26-,27?,28-/m0/s1. The molecule has 3 N–H and O–H groups in total. The number of carbonyl (C=O) groups is 3. The Morgan fingerprint density at radius 2 is 1.66 bits per heavy atom. The van der Waals surface area contributed by atoms with Gasteiger partial charge < -0.3 is 25.5 Å². The smallest absolute Gasteiger partial charge is 0.253 e. The minimum atomic E-state index is -1.40. The summed E-state index contributed by atoms with van der Waals surface area (Å²) in [4.78, 5) is 43.3. The van der Waals surface area contributed by atoms with E-state index in [1.165, 1.54) is 6.07 Å². The summed E-state index contributed by atoms with van der Waals surface area (Å²) in [6.45, 7) is 10.4. The molecule has 0 saturated carbocycles. The van der Waals surface area contributed by atoms with Crippen molar-refractivity contribution in [1.29, 1.82) is 0 Å². The van der Waals surface area contributed by atoms with Crippen LogP contribution in [0, 0.1) is 18.6 Å². The molecule has 0 radical (unpaired) electrons. The van der Waals surface area contributed by atoms with E-state index in [1.807, 2.05) is 20.8 Å². The predicted molar refractivity (Wildman–Crippen MR) is 154 cm³/mol. The summed E-state index contributed by atoms with van der Waals surface area (Å²) in [7, 11) is 0. The highest BCUT2D eigenvalue weighted by Crippen LogP contribution is 2.18. The number of aryl methyl sites for hydroxylation is 1. The van der Waals surface area contributed by atoms with Gasteiger partial charge in [-0.25, -0.2) is 8.78 Å². The maximum atomic E-state index is 14.0. The molecule has 1 heterocycles. The lowest BCUT2D eigenvalue weighted by Gasteiger charge is -2.38. The van der Waals surface area contributed by atoms with Gasteiger partial charge in [0.15, 0.2) is 0 Å². The van der Waals surface area contributed by atoms with Crippen molar-refractivity contribution < 1.29 is 28.3 Å². The summed E-state index contributed by atoms with van der Waals surface area (Å²) in [5.74, 6) is -2.62. The zero-order valence-electron chi connectivity index (χ0n) is 24.4. The summed E-state index contributed by atoms with van der Waals surface area (Å²) >= 11 is 0. The number of nitrogens with zero attached hydrogens (tertiary/aromatic N) is 2. The molecule has 1 unspecified atom stereocenters. The summed E-state index contributed by atoms with van der Waals surface area (Å²) in [6, 6.07) is 5.81. The van der Waals surface area contributed by atoms with Gasteiger partial charge in [0.2, 0.25) is 5.91 Å². The monoisotopic (exact) mass is 572 g/mol. The molecule has 224 valence electrons. The van der Waals surface area contributed by atoms with Crippen LogP contribution in [-0.2, 0) is 11.2 Å². The Morgan fingerprint density at radius 1 is 1.02 bits per heavy atom. The van der Waals surface area contributed by atoms with E-state index in [9.17, 15) is 28.3 Å². The zero-order chi connectivity index (χ0) is 30.1. The summed E-state index contributed by atoms with van der Waals surface area (Å²) in [5, 5.41) is 17.2. The number of carbonyl (C=O) groups excluding carboxylic acids is 3. The third kappa shape index (κ3) is 8.56. The number of aliphatic hydroxyl groups is 1. The van der Waals surface area contributed by atoms with Crippen LogP contribution in [0.2, 0.25) is 0 Å². The third-order valence-electron chi connectivity index (χ3n) is 7.13. The first-order valence-corrected chi connectivity index (χ1v) is 14.4. The van der Waals surface area contributed by atoms with E-state index in [1.54, 1.807) is 28.9 Å². The average Bonchev–Trinajstić information content (AvgIpc) is 2.92. The van der Waals surface area contributed by atoms with E-state index in [-0.39, 0.29) is 29.4 Å². The normalized spacial score (nSPS) is 16.8. The lowest BCUT2D eigenvalue weighted by Crippen LogP contribution is -2.64. The molecule has 0 bridgehead atoms. The lowest BCUT2D eigenvalue weighted by atomic mass is 9.93. The zero-order valence-corrected chi connectivity index (χ0v) is 24.4. The predicted octanol–water partition coefficient (Wildman–Crippen LogP) is 3.45. The largest absolute Gasteiger partial charge is 0.389 e. The Labute approximate surface area is 241 Å². The molecule has 2 aromatic carbocycles. The van der Waals surface area contributed by atoms with Crippen LogP contribution in [0.3, 0.4) is 0 Å². The highest BCUT2D eigenvalue weighted by Gasteiger charge is 2.38. The van der Waals surface area contributed by atoms with Crippen molar-refractivity contribution in [2.75, 3.05) is 32.7 Å². The number of hydrogen-bond acceptors (Lipinski definition) is 5. The molecule has 2 aromatic rings. The number of amides is 3. The van der Waals surface area contributed by atoms with Crippen LogP contribution in [0.5, 0.6) is 0 Å². The van der Waals surface area contributed by atoms with Crippen LogP contribution in [0.4, 0.5) is 8.78 Å². The van der Waals surface area contributed by atoms with Gasteiger partial charge in [-0.3, -0.25) is 14.4 Å². The molecule has 0 spiro atoms. The van der Waals surface area contributed by atoms with E-state index in [0.29, 0.717) is 43.9 Å². The number of benzene rings is 2. The van der Waals surface area contributed by atoms with Gasteiger partial charge in [0.05, 0.1) is 12.1 Å². The SMILES string of the molecule is CCCN(CCC)C(=O)c1cc(C)cc(C(=O)N[C@@H](Cc2cc(F)cc(F)c2)[C@H](O)C2NCCN(CCC)C2=O)c1. The molecule has 41 heavy (non-hydrogen) atoms. The molecule has 8 nitrogen and oxygen atoms in total. The molecule has 1 aliphatic heterocycles. The van der Waals surface area contributed by atoms with E-state index >= 15 is 0 Å². The average molecular weight is 573 g/mol. The second kappa shape index (κ2) is 15.0. The molecule has 1 saturated heterocycles. The lowest BCUT2D eigenvalue weighted by molar-refractivity contribution is -0.139. The molecule has 0 aliphatic carbocycles. The van der Waals surface area contributed by atoms with E-state index in [4.69, 9.17) is 0 Å². The quantitative estimate of drug-likeness (QED) is 0.341. The minimum absolute atomic E-state index is 0.126. The van der Waals surface area contributed by atoms with Crippen molar-refractivity contribution in [3.8, 4) is 0 Å². The number of piperazine rings is 1. The Morgan fingerprint density at radius 3 is 2.27 bits per heavy atom. The van der Waals surface area contributed by atoms with Gasteiger partial charge in [-0.05, 0) is 74.1 Å². The fourth-order valence-electron chi connectivity index (χ4n) is 5.31. The number of rotatable bonds is 13. The van der Waals surface area contributed by atoms with Gasteiger partial charge in [-0.15, -0.1) is 0 Å². The molecule has 1 fully saturated rings. The molecular weight excluding hydrogens is 530 g/mol. The second-order valence-corrected chi connectivity index (χ2v) is 10.7. The van der Waals surface area contributed by atoms with Crippen molar-refractivity contribution in [3.05, 3.63) is 70.3 Å². The molecular formula is C31H42F2N4O4. The van der Waals surface area contributed by atoms with Crippen molar-refractivity contribution in [1.82, 2.24) is 20.4 Å². The molecule has 3 amide bonds. The van der Waals surface area contributed by atoms with Crippen LogP contribution in [0.25, 0.3) is 0 Å². The Balaban J connectivity index is 1.91. The molecule has 10 heteroatoms. The van der Waals surface area contributed by atoms with Crippen LogP contribution >= 0.6 is 0 Å². The van der Waals surface area contributed by atoms with Crippen molar-refractivity contribution in [2.24, 2.45) is 0 Å². The van der Waals surface area contributed by atoms with Gasteiger partial charge in [-0.1, -0.05) is 20.8 Å². The number of nitrogens with one attached hydrogen (secondary N) is 2. The molecule has 3 rings (SSSR count). The van der Waals surface area contributed by atoms with Gasteiger partial charge in [0, 0.05) is 49.9 Å². The maximum absolute atomic E-state index is 14.0. The highest BCUT2D eigenvalue weighted by atomic mass is 19.1. The topological polar surface area (TPSA) is 102 Å². The highest BCUT2D eigenvalue weighted by molar-refractivity contribution is 6.00. The first-order chi connectivity index (χ1) is 19.6. The number of halogens is 2. The minimum Gasteiger partial charge on any atom is -0.389 e. The van der Waals surface area contributed by atoms with Crippen molar-refractivity contribution in [3.63, 3.8) is 0 Å². The Bertz CT molecular complexity index is 1200. The first kappa shape index (κ1) is 32.1. The van der Waals surface area contributed by atoms with Crippen LogP contribution < -0.4 is 10.6 Å². The maximum Gasteiger partial charge on any atom is 0.253 e. The van der Waals surface area contributed by atoms with E-state index in [0.717, 1.165) is 37.5 Å². The van der Waals surface area contributed by atoms with E-state index < -0.39 is 35.7 Å². The first-order valence-electron chi connectivity index (χ1n) is 14.4. The van der Waals surface area contributed by atoms with Gasteiger partial charge in [-0.2, -0.15) is 0 Å². The fourth-order valence-corrected chi connectivity index (χ4v) is 5.31. The van der Waals surface area contributed by atoms with Gasteiger partial charge >= 0.3 is 0 Å². The molecule has 1 aliphatic rings. The van der Waals surface area contributed by atoms with Crippen molar-refractivity contribution in [2.45, 2.75) is 71.6 Å². The molecule has 0 aromatic heterocycles. The van der Waals surface area contributed by atoms with Crippen LogP contribution in [-0.4, -0.2) is 83.5 Å². The number of aliphatic hydroxyl groups excluding tert-OH is 1. The molecule has 3 atom stereocenters. The van der Waals surface area contributed by atoms with Gasteiger partial charge in [0.25, 0.3) is 11.8 Å². The summed E-state index contributed by atoms with van der Waals surface area (Å²) in [6.07, 6.45) is 0.829. The van der Waals surface area contributed by atoms with Crippen LogP contribution in [0.15, 0.2) is 36.4 Å². The fraction of sp³-hybridized carbons (Fsp3) is 0.516. The Hall–Kier alpha value is -3.37. The second-order valence-electron chi connectivity index (χ2n) is 10.7. The Kier molecular flexibility index (Phi) is 11.8. The third-order valence-corrected chi connectivity index (χ3v) is 7.13. The summed E-state index contributed by atoms with van der Waals surface area (Å²) < 4.78 is 28.0. The van der Waals surface area contributed by atoms with Gasteiger partial charge in [0.1, 0.15) is 17.7 Å². The van der Waals surface area contributed by atoms with Crippen molar-refractivity contribution >= 4 is 17.7 Å². The van der Waals surface area contributed by atoms with Crippen LogP contribution in [0.1, 0.15) is 71.9 Å².